The van der Waals surface area contributed by atoms with Crippen LogP contribution in [0.5, 0.6) is 5.75 Å². The molecular formula is C23H32O2. The van der Waals surface area contributed by atoms with Crippen LogP contribution in [0, 0.1) is 28.6 Å². The molecule has 0 N–H and O–H groups in total. The van der Waals surface area contributed by atoms with Gasteiger partial charge in [0.2, 0.25) is 0 Å². The second kappa shape index (κ2) is 5.59. The highest BCUT2D eigenvalue weighted by molar-refractivity contribution is 5.88. The van der Waals surface area contributed by atoms with Crippen molar-refractivity contribution in [2.75, 3.05) is 7.11 Å². The first-order valence-electron chi connectivity index (χ1n) is 10.0. The fraction of sp³-hybridized carbons (Fsp3) is 0.696. The van der Waals surface area contributed by atoms with Crippen LogP contribution < -0.4 is 4.74 Å². The van der Waals surface area contributed by atoms with E-state index in [1.54, 1.807) is 7.11 Å². The Hall–Kier alpha value is -1.31. The maximum atomic E-state index is 13.0. The van der Waals surface area contributed by atoms with E-state index in [0.717, 1.165) is 31.4 Å². The minimum absolute atomic E-state index is 0.0931. The normalized spacial score (nSPS) is 39.8. The van der Waals surface area contributed by atoms with E-state index in [-0.39, 0.29) is 10.8 Å². The number of Topliss-reactive ketones (excluding diaryl/α,β-unsaturated/α-hetero) is 1. The van der Waals surface area contributed by atoms with Crippen molar-refractivity contribution in [3.63, 3.8) is 0 Å². The third-order valence-electron chi connectivity index (χ3n) is 8.31. The third-order valence-corrected chi connectivity index (χ3v) is 8.31. The number of carbonyl (C=O) groups is 1. The van der Waals surface area contributed by atoms with Gasteiger partial charge in [0.25, 0.3) is 0 Å². The van der Waals surface area contributed by atoms with E-state index < -0.39 is 0 Å². The van der Waals surface area contributed by atoms with Gasteiger partial charge in [0, 0.05) is 11.8 Å². The van der Waals surface area contributed by atoms with Crippen molar-refractivity contribution in [3.05, 3.63) is 29.3 Å². The number of ether oxygens (including phenoxy) is 1. The maximum Gasteiger partial charge on any atom is 0.139 e. The van der Waals surface area contributed by atoms with Crippen molar-refractivity contribution in [1.82, 2.24) is 0 Å². The lowest BCUT2D eigenvalue weighted by Crippen LogP contribution is -2.48. The average Bonchev–Trinajstić information content (AvgIpc) is 2.81. The summed E-state index contributed by atoms with van der Waals surface area (Å²) in [6.07, 6.45) is 5.36. The quantitative estimate of drug-likeness (QED) is 0.721. The van der Waals surface area contributed by atoms with Gasteiger partial charge < -0.3 is 4.74 Å². The van der Waals surface area contributed by atoms with E-state index >= 15 is 0 Å². The molecule has 5 atom stereocenters. The van der Waals surface area contributed by atoms with E-state index in [9.17, 15) is 4.79 Å². The van der Waals surface area contributed by atoms with E-state index in [4.69, 9.17) is 4.74 Å². The number of ketones is 1. The molecule has 0 aromatic heterocycles. The molecule has 0 aliphatic heterocycles. The van der Waals surface area contributed by atoms with Crippen molar-refractivity contribution in [3.8, 4) is 5.75 Å². The summed E-state index contributed by atoms with van der Waals surface area (Å²) in [5.74, 6) is 3.87. The second-order valence-electron chi connectivity index (χ2n) is 9.57. The van der Waals surface area contributed by atoms with Crippen molar-refractivity contribution in [1.29, 1.82) is 0 Å². The number of carbonyl (C=O) groups excluding carboxylic acids is 1. The maximum absolute atomic E-state index is 13.0. The summed E-state index contributed by atoms with van der Waals surface area (Å²) in [7, 11) is 1.75. The highest BCUT2D eigenvalue weighted by Crippen LogP contribution is 2.67. The SMILES string of the molecule is COc1ccc2c(c1)CC[C@@H]1[C@@H]2CC[C@]2(C)C(=O)C[C@@](C)(C(C)C)[C@@H]12. The predicted octanol–water partition coefficient (Wildman–Crippen LogP) is 5.39. The summed E-state index contributed by atoms with van der Waals surface area (Å²) < 4.78 is 5.44. The van der Waals surface area contributed by atoms with Crippen molar-refractivity contribution in [2.45, 2.75) is 65.7 Å². The van der Waals surface area contributed by atoms with Gasteiger partial charge in [-0.3, -0.25) is 4.79 Å². The van der Waals surface area contributed by atoms with Gasteiger partial charge in [0.05, 0.1) is 7.11 Å². The van der Waals surface area contributed by atoms with Crippen LogP contribution >= 0.6 is 0 Å². The predicted molar refractivity (Wildman–Crippen MR) is 101 cm³/mol. The number of benzene rings is 1. The molecule has 2 heteroatoms. The molecule has 136 valence electrons. The summed E-state index contributed by atoms with van der Waals surface area (Å²) in [5, 5.41) is 0. The van der Waals surface area contributed by atoms with Crippen LogP contribution in [0.1, 0.15) is 70.4 Å². The zero-order valence-electron chi connectivity index (χ0n) is 16.4. The van der Waals surface area contributed by atoms with E-state index in [0.29, 0.717) is 29.5 Å². The molecule has 0 unspecified atom stereocenters. The van der Waals surface area contributed by atoms with E-state index in [1.165, 1.54) is 17.5 Å². The van der Waals surface area contributed by atoms with Gasteiger partial charge in [-0.05, 0) is 78.0 Å². The van der Waals surface area contributed by atoms with E-state index in [2.05, 4.69) is 45.9 Å². The Bertz CT molecular complexity index is 706. The van der Waals surface area contributed by atoms with Crippen LogP contribution in [-0.2, 0) is 11.2 Å². The summed E-state index contributed by atoms with van der Waals surface area (Å²) in [5.41, 5.74) is 3.06. The van der Waals surface area contributed by atoms with Gasteiger partial charge in [-0.2, -0.15) is 0 Å². The van der Waals surface area contributed by atoms with Crippen LogP contribution in [0.2, 0.25) is 0 Å². The molecule has 2 saturated carbocycles. The highest BCUT2D eigenvalue weighted by atomic mass is 16.5. The van der Waals surface area contributed by atoms with Gasteiger partial charge in [0.1, 0.15) is 11.5 Å². The molecule has 2 nitrogen and oxygen atoms in total. The molecule has 0 bridgehead atoms. The molecule has 0 amide bonds. The molecule has 4 rings (SSSR count). The number of fused-ring (bicyclic) bond motifs is 5. The second-order valence-corrected chi connectivity index (χ2v) is 9.57. The molecule has 0 heterocycles. The Kier molecular flexibility index (Phi) is 3.83. The Morgan fingerprint density at radius 1 is 1.20 bits per heavy atom. The first-order valence-corrected chi connectivity index (χ1v) is 10.0. The molecular weight excluding hydrogens is 308 g/mol. The number of aryl methyl sites for hydroxylation is 1. The van der Waals surface area contributed by atoms with Gasteiger partial charge in [-0.15, -0.1) is 0 Å². The van der Waals surface area contributed by atoms with Crippen molar-refractivity contribution < 1.29 is 9.53 Å². The lowest BCUT2D eigenvalue weighted by atomic mass is 9.50. The van der Waals surface area contributed by atoms with Crippen molar-refractivity contribution in [2.24, 2.45) is 28.6 Å². The summed E-state index contributed by atoms with van der Waals surface area (Å²) in [4.78, 5) is 13.0. The van der Waals surface area contributed by atoms with Crippen LogP contribution in [0.3, 0.4) is 0 Å². The van der Waals surface area contributed by atoms with Crippen molar-refractivity contribution >= 4 is 5.78 Å². The van der Waals surface area contributed by atoms with Crippen LogP contribution in [0.15, 0.2) is 18.2 Å². The average molecular weight is 341 g/mol. The molecule has 2 fully saturated rings. The molecule has 1 aromatic rings. The minimum Gasteiger partial charge on any atom is -0.497 e. The first kappa shape index (κ1) is 17.1. The largest absolute Gasteiger partial charge is 0.497 e. The minimum atomic E-state index is -0.0931. The molecule has 25 heavy (non-hydrogen) atoms. The molecule has 1 aromatic carbocycles. The summed E-state index contributed by atoms with van der Waals surface area (Å²) in [6, 6.07) is 6.66. The third kappa shape index (κ3) is 2.25. The Labute approximate surface area is 152 Å². The Balaban J connectivity index is 1.77. The lowest BCUT2D eigenvalue weighted by Gasteiger charge is -2.53. The molecule has 3 aliphatic carbocycles. The van der Waals surface area contributed by atoms with Crippen LogP contribution in [0.25, 0.3) is 0 Å². The van der Waals surface area contributed by atoms with Gasteiger partial charge in [0.15, 0.2) is 0 Å². The number of hydrogen-bond acceptors (Lipinski definition) is 2. The number of rotatable bonds is 2. The summed E-state index contributed by atoms with van der Waals surface area (Å²) in [6.45, 7) is 9.33. The molecule has 0 saturated heterocycles. The van der Waals surface area contributed by atoms with E-state index in [1.807, 2.05) is 0 Å². The fourth-order valence-electron chi connectivity index (χ4n) is 6.64. The molecule has 3 aliphatic rings. The monoisotopic (exact) mass is 340 g/mol. The number of methoxy groups -OCH3 is 1. The topological polar surface area (TPSA) is 26.3 Å². The first-order chi connectivity index (χ1) is 11.8. The zero-order chi connectivity index (χ0) is 18.0. The van der Waals surface area contributed by atoms with Gasteiger partial charge in [-0.1, -0.05) is 33.8 Å². The highest BCUT2D eigenvalue weighted by Gasteiger charge is 2.63. The van der Waals surface area contributed by atoms with Gasteiger partial charge >= 0.3 is 0 Å². The molecule has 0 spiro atoms. The standard InChI is InChI=1S/C23H32O2/c1-14(2)23(4)13-20(24)22(3)11-10-18-17-9-7-16(25-5)12-15(17)6-8-19(18)21(22)23/h7,9,12,14,18-19,21H,6,8,10-11,13H2,1-5H3/t18-,19-,21+,22-,23+/m1/s1. The zero-order valence-corrected chi connectivity index (χ0v) is 16.4. The summed E-state index contributed by atoms with van der Waals surface area (Å²) >= 11 is 0. The molecule has 0 radical (unpaired) electrons. The lowest BCUT2D eigenvalue weighted by molar-refractivity contribution is -0.129. The van der Waals surface area contributed by atoms with Gasteiger partial charge in [-0.25, -0.2) is 0 Å². The Morgan fingerprint density at radius 2 is 1.96 bits per heavy atom. The Morgan fingerprint density at radius 3 is 2.64 bits per heavy atom. The fourth-order valence-corrected chi connectivity index (χ4v) is 6.64. The van der Waals surface area contributed by atoms with Crippen LogP contribution in [-0.4, -0.2) is 12.9 Å². The number of hydrogen-bond donors (Lipinski definition) is 0. The smallest absolute Gasteiger partial charge is 0.139 e. The van der Waals surface area contributed by atoms with Crippen LogP contribution in [0.4, 0.5) is 0 Å².